The minimum absolute atomic E-state index is 0.0161. The Labute approximate surface area is 117 Å². The highest BCUT2D eigenvalue weighted by Gasteiger charge is 2.32. The SMILES string of the molecule is CC1CC(C)C(C)N(C(=O)c2cc(F)c(N)c(F)c2)C1. The molecule has 0 spiro atoms. The third-order valence-electron chi connectivity index (χ3n) is 4.18. The van der Waals surface area contributed by atoms with E-state index in [1.54, 1.807) is 4.90 Å². The van der Waals surface area contributed by atoms with Crippen molar-refractivity contribution in [3.05, 3.63) is 29.3 Å². The first kappa shape index (κ1) is 14.8. The maximum Gasteiger partial charge on any atom is 0.254 e. The molecule has 3 unspecified atom stereocenters. The standard InChI is InChI=1S/C15H20F2N2O/c1-8-4-9(2)10(3)19(7-8)15(20)11-5-12(16)14(18)13(17)6-11/h5-6,8-10H,4,7,18H2,1-3H3. The van der Waals surface area contributed by atoms with E-state index in [4.69, 9.17) is 5.73 Å². The fourth-order valence-corrected chi connectivity index (χ4v) is 2.86. The van der Waals surface area contributed by atoms with Crippen LogP contribution in [0.2, 0.25) is 0 Å². The Morgan fingerprint density at radius 1 is 1.25 bits per heavy atom. The Bertz CT molecular complexity index is 510. The van der Waals surface area contributed by atoms with Crippen molar-refractivity contribution in [1.29, 1.82) is 0 Å². The van der Waals surface area contributed by atoms with Gasteiger partial charge < -0.3 is 10.6 Å². The van der Waals surface area contributed by atoms with Gasteiger partial charge in [-0.2, -0.15) is 0 Å². The van der Waals surface area contributed by atoms with Gasteiger partial charge in [0.05, 0.1) is 0 Å². The molecule has 1 heterocycles. The van der Waals surface area contributed by atoms with Gasteiger partial charge in [0, 0.05) is 18.2 Å². The molecule has 3 atom stereocenters. The minimum atomic E-state index is -0.890. The summed E-state index contributed by atoms with van der Waals surface area (Å²) in [5, 5.41) is 0. The number of nitrogen functional groups attached to an aromatic ring is 1. The van der Waals surface area contributed by atoms with Crippen LogP contribution in [0.1, 0.15) is 37.6 Å². The number of nitrogens with zero attached hydrogens (tertiary/aromatic N) is 1. The molecule has 1 aliphatic heterocycles. The molecule has 2 rings (SSSR count). The molecule has 1 aromatic rings. The highest BCUT2D eigenvalue weighted by Crippen LogP contribution is 2.29. The minimum Gasteiger partial charge on any atom is -0.394 e. The maximum atomic E-state index is 13.5. The fraction of sp³-hybridized carbons (Fsp3) is 0.533. The van der Waals surface area contributed by atoms with Gasteiger partial charge in [-0.15, -0.1) is 0 Å². The zero-order chi connectivity index (χ0) is 15.0. The van der Waals surface area contributed by atoms with E-state index >= 15 is 0 Å². The highest BCUT2D eigenvalue weighted by atomic mass is 19.1. The zero-order valence-corrected chi connectivity index (χ0v) is 12.0. The number of carbonyl (C=O) groups excluding carboxylic acids is 1. The number of hydrogen-bond acceptors (Lipinski definition) is 2. The van der Waals surface area contributed by atoms with Gasteiger partial charge in [-0.05, 0) is 37.3 Å². The first-order valence-electron chi connectivity index (χ1n) is 6.86. The second-order valence-electron chi connectivity index (χ2n) is 5.87. The lowest BCUT2D eigenvalue weighted by Gasteiger charge is -2.41. The van der Waals surface area contributed by atoms with Gasteiger partial charge in [-0.25, -0.2) is 8.78 Å². The number of amides is 1. The van der Waals surface area contributed by atoms with Crippen LogP contribution in [0, 0.1) is 23.5 Å². The number of rotatable bonds is 1. The number of anilines is 1. The van der Waals surface area contributed by atoms with Crippen LogP contribution < -0.4 is 5.73 Å². The molecule has 0 aromatic heterocycles. The highest BCUT2D eigenvalue weighted by molar-refractivity contribution is 5.95. The normalized spacial score (nSPS) is 26.6. The number of benzene rings is 1. The Morgan fingerprint density at radius 2 is 1.80 bits per heavy atom. The molecule has 1 aromatic carbocycles. The van der Waals surface area contributed by atoms with Crippen molar-refractivity contribution in [1.82, 2.24) is 4.90 Å². The average molecular weight is 282 g/mol. The van der Waals surface area contributed by atoms with Crippen LogP contribution in [0.25, 0.3) is 0 Å². The lowest BCUT2D eigenvalue weighted by atomic mass is 9.85. The van der Waals surface area contributed by atoms with E-state index in [0.717, 1.165) is 18.6 Å². The summed E-state index contributed by atoms with van der Waals surface area (Å²) in [6.45, 7) is 6.74. The van der Waals surface area contributed by atoms with Gasteiger partial charge >= 0.3 is 0 Å². The van der Waals surface area contributed by atoms with Crippen LogP contribution in [-0.4, -0.2) is 23.4 Å². The quantitative estimate of drug-likeness (QED) is 0.805. The van der Waals surface area contributed by atoms with Gasteiger partial charge in [-0.3, -0.25) is 4.79 Å². The fourth-order valence-electron chi connectivity index (χ4n) is 2.86. The van der Waals surface area contributed by atoms with E-state index in [-0.39, 0.29) is 17.5 Å². The first-order valence-corrected chi connectivity index (χ1v) is 6.86. The van der Waals surface area contributed by atoms with E-state index in [0.29, 0.717) is 18.4 Å². The number of piperidine rings is 1. The first-order chi connectivity index (χ1) is 9.31. The molecule has 0 radical (unpaired) electrons. The number of carbonyl (C=O) groups is 1. The van der Waals surface area contributed by atoms with Crippen LogP contribution in [0.15, 0.2) is 12.1 Å². The van der Waals surface area contributed by atoms with Crippen molar-refractivity contribution in [2.45, 2.75) is 33.2 Å². The predicted octanol–water partition coefficient (Wildman–Crippen LogP) is 3.05. The summed E-state index contributed by atoms with van der Waals surface area (Å²) >= 11 is 0. The zero-order valence-electron chi connectivity index (χ0n) is 12.0. The van der Waals surface area contributed by atoms with Crippen molar-refractivity contribution in [3.8, 4) is 0 Å². The topological polar surface area (TPSA) is 46.3 Å². The van der Waals surface area contributed by atoms with Crippen molar-refractivity contribution < 1.29 is 13.6 Å². The summed E-state index contributed by atoms with van der Waals surface area (Å²) in [6.07, 6.45) is 1.05. The Kier molecular flexibility index (Phi) is 3.97. The van der Waals surface area contributed by atoms with E-state index in [1.165, 1.54) is 0 Å². The average Bonchev–Trinajstić information content (AvgIpc) is 2.38. The summed E-state index contributed by atoms with van der Waals surface area (Å²) < 4.78 is 27.0. The molecule has 1 aliphatic rings. The molecule has 3 nitrogen and oxygen atoms in total. The monoisotopic (exact) mass is 282 g/mol. The Balaban J connectivity index is 2.31. The lowest BCUT2D eigenvalue weighted by Crippen LogP contribution is -2.48. The summed E-state index contributed by atoms with van der Waals surface area (Å²) in [5.41, 5.74) is 4.70. The van der Waals surface area contributed by atoms with Gasteiger partial charge in [0.25, 0.3) is 5.91 Å². The van der Waals surface area contributed by atoms with E-state index < -0.39 is 17.3 Å². The number of hydrogen-bond donors (Lipinski definition) is 1. The van der Waals surface area contributed by atoms with E-state index in [2.05, 4.69) is 13.8 Å². The van der Waals surface area contributed by atoms with Crippen LogP contribution >= 0.6 is 0 Å². The molecule has 0 saturated carbocycles. The Hall–Kier alpha value is -1.65. The van der Waals surface area contributed by atoms with Crippen LogP contribution in [-0.2, 0) is 0 Å². The van der Waals surface area contributed by atoms with Crippen molar-refractivity contribution in [2.75, 3.05) is 12.3 Å². The number of likely N-dealkylation sites (tertiary alicyclic amines) is 1. The van der Waals surface area contributed by atoms with Crippen LogP contribution in [0.3, 0.4) is 0 Å². The molecule has 1 saturated heterocycles. The predicted molar refractivity (Wildman–Crippen MR) is 74.2 cm³/mol. The lowest BCUT2D eigenvalue weighted by molar-refractivity contribution is 0.0455. The third-order valence-corrected chi connectivity index (χ3v) is 4.18. The van der Waals surface area contributed by atoms with E-state index in [1.807, 2.05) is 6.92 Å². The summed E-state index contributed by atoms with van der Waals surface area (Å²) in [6, 6.07) is 2.08. The third kappa shape index (κ3) is 2.62. The van der Waals surface area contributed by atoms with Crippen LogP contribution in [0.5, 0.6) is 0 Å². The summed E-state index contributed by atoms with van der Waals surface area (Å²) in [7, 11) is 0. The molecule has 1 amide bonds. The molecular formula is C15H20F2N2O. The molecule has 110 valence electrons. The molecule has 0 bridgehead atoms. The molecular weight excluding hydrogens is 262 g/mol. The van der Waals surface area contributed by atoms with Crippen molar-refractivity contribution in [2.24, 2.45) is 11.8 Å². The molecule has 5 heteroatoms. The largest absolute Gasteiger partial charge is 0.394 e. The second kappa shape index (κ2) is 5.38. The van der Waals surface area contributed by atoms with E-state index in [9.17, 15) is 13.6 Å². The van der Waals surface area contributed by atoms with Gasteiger partial charge in [0.2, 0.25) is 0 Å². The van der Waals surface area contributed by atoms with Crippen molar-refractivity contribution >= 4 is 11.6 Å². The van der Waals surface area contributed by atoms with Crippen LogP contribution in [0.4, 0.5) is 14.5 Å². The van der Waals surface area contributed by atoms with Crippen molar-refractivity contribution in [3.63, 3.8) is 0 Å². The molecule has 1 fully saturated rings. The Morgan fingerprint density at radius 3 is 2.35 bits per heavy atom. The number of halogens is 2. The summed E-state index contributed by atoms with van der Waals surface area (Å²) in [4.78, 5) is 14.2. The molecule has 0 aliphatic carbocycles. The molecule has 20 heavy (non-hydrogen) atoms. The van der Waals surface area contributed by atoms with Gasteiger partial charge in [0.15, 0.2) is 0 Å². The van der Waals surface area contributed by atoms with Gasteiger partial charge in [-0.1, -0.05) is 13.8 Å². The second-order valence-corrected chi connectivity index (χ2v) is 5.87. The molecule has 2 N–H and O–H groups in total. The summed E-state index contributed by atoms with van der Waals surface area (Å²) in [5.74, 6) is -1.37. The number of nitrogens with two attached hydrogens (primary N) is 1. The van der Waals surface area contributed by atoms with Gasteiger partial charge in [0.1, 0.15) is 17.3 Å². The smallest absolute Gasteiger partial charge is 0.254 e. The maximum absolute atomic E-state index is 13.5.